The quantitative estimate of drug-likeness (QED) is 0.666. The maximum Gasteiger partial charge on any atom is 0.0864 e. The first kappa shape index (κ1) is 15.2. The number of allylic oxidation sites excluding steroid dienone is 1. The van der Waals surface area contributed by atoms with Gasteiger partial charge < -0.3 is 10.2 Å². The zero-order valence-corrected chi connectivity index (χ0v) is 14.4. The fourth-order valence-corrected chi connectivity index (χ4v) is 7.78. The molecule has 0 saturated heterocycles. The van der Waals surface area contributed by atoms with Crippen molar-refractivity contribution in [2.45, 2.75) is 77.9 Å². The van der Waals surface area contributed by atoms with Crippen LogP contribution in [0.15, 0.2) is 12.2 Å². The predicted octanol–water partition coefficient (Wildman–Crippen LogP) is 3.92. The Morgan fingerprint density at radius 1 is 1.09 bits per heavy atom. The zero-order valence-electron chi connectivity index (χ0n) is 14.4. The van der Waals surface area contributed by atoms with Gasteiger partial charge in [0.2, 0.25) is 0 Å². The Balaban J connectivity index is 1.84. The Kier molecular flexibility index (Phi) is 3.03. The first-order valence-corrected chi connectivity index (χ1v) is 9.26. The third kappa shape index (κ3) is 1.64. The zero-order chi connectivity index (χ0) is 15.9. The van der Waals surface area contributed by atoms with E-state index in [4.69, 9.17) is 0 Å². The highest BCUT2D eigenvalue weighted by Gasteiger charge is 2.69. The maximum atomic E-state index is 11.2. The lowest BCUT2D eigenvalue weighted by atomic mass is 9.39. The average Bonchev–Trinajstić information content (AvgIpc) is 2.67. The molecule has 22 heavy (non-hydrogen) atoms. The van der Waals surface area contributed by atoms with Crippen molar-refractivity contribution in [1.29, 1.82) is 0 Å². The van der Waals surface area contributed by atoms with Gasteiger partial charge in [0.1, 0.15) is 0 Å². The summed E-state index contributed by atoms with van der Waals surface area (Å²) in [6.07, 6.45) is 7.00. The Morgan fingerprint density at radius 2 is 1.82 bits per heavy atom. The van der Waals surface area contributed by atoms with Crippen LogP contribution in [0.3, 0.4) is 0 Å². The van der Waals surface area contributed by atoms with Gasteiger partial charge in [-0.05, 0) is 67.1 Å². The summed E-state index contributed by atoms with van der Waals surface area (Å²) < 4.78 is 0. The summed E-state index contributed by atoms with van der Waals surface area (Å²) >= 11 is 0. The molecule has 4 rings (SSSR count). The van der Waals surface area contributed by atoms with Gasteiger partial charge >= 0.3 is 0 Å². The summed E-state index contributed by atoms with van der Waals surface area (Å²) in [5, 5.41) is 22.3. The molecule has 0 amide bonds. The van der Waals surface area contributed by atoms with Gasteiger partial charge in [0, 0.05) is 5.41 Å². The van der Waals surface area contributed by atoms with Gasteiger partial charge in [-0.15, -0.1) is 0 Å². The van der Waals surface area contributed by atoms with E-state index in [0.29, 0.717) is 11.8 Å². The summed E-state index contributed by atoms with van der Waals surface area (Å²) in [5.41, 5.74) is 1.56. The lowest BCUT2D eigenvalue weighted by molar-refractivity contribution is -0.251. The van der Waals surface area contributed by atoms with Crippen LogP contribution in [0.4, 0.5) is 0 Å². The van der Waals surface area contributed by atoms with E-state index in [0.717, 1.165) is 12.8 Å². The van der Waals surface area contributed by atoms with Crippen LogP contribution < -0.4 is 0 Å². The minimum atomic E-state index is -0.568. The van der Waals surface area contributed by atoms with E-state index in [2.05, 4.69) is 27.4 Å². The van der Waals surface area contributed by atoms with Gasteiger partial charge in [0.15, 0.2) is 0 Å². The Labute approximate surface area is 135 Å². The lowest BCUT2D eigenvalue weighted by Crippen LogP contribution is -2.67. The fourth-order valence-electron chi connectivity index (χ4n) is 7.78. The number of rotatable bonds is 0. The van der Waals surface area contributed by atoms with E-state index in [1.165, 1.54) is 37.7 Å². The van der Waals surface area contributed by atoms with E-state index < -0.39 is 12.2 Å². The monoisotopic (exact) mass is 304 g/mol. The van der Waals surface area contributed by atoms with Gasteiger partial charge in [0.25, 0.3) is 0 Å². The largest absolute Gasteiger partial charge is 0.390 e. The minimum Gasteiger partial charge on any atom is -0.390 e. The average molecular weight is 304 g/mol. The van der Waals surface area contributed by atoms with Gasteiger partial charge in [-0.1, -0.05) is 39.3 Å². The second-order valence-electron chi connectivity index (χ2n) is 9.86. The standard InChI is InChI=1S/C20H32O2/c1-12-10-20-11-13(12)6-7-14(20)19(4)9-5-8-18(2,3)16(19)15(21)17(20)22/h13-17,21-22H,1,5-11H2,2-4H3/t13-,14+,15-,16-,17+,19+,20+/m1/s1. The van der Waals surface area contributed by atoms with E-state index in [-0.39, 0.29) is 22.2 Å². The predicted molar refractivity (Wildman–Crippen MR) is 88.3 cm³/mol. The topological polar surface area (TPSA) is 40.5 Å². The van der Waals surface area contributed by atoms with Crippen molar-refractivity contribution in [2.75, 3.05) is 0 Å². The molecular weight excluding hydrogens is 272 g/mol. The molecule has 4 aliphatic carbocycles. The van der Waals surface area contributed by atoms with Crippen LogP contribution in [0, 0.1) is 34.0 Å². The molecule has 0 aromatic carbocycles. The van der Waals surface area contributed by atoms with Gasteiger partial charge in [-0.3, -0.25) is 0 Å². The van der Waals surface area contributed by atoms with E-state index in [9.17, 15) is 10.2 Å². The molecule has 0 radical (unpaired) electrons. The van der Waals surface area contributed by atoms with E-state index >= 15 is 0 Å². The molecule has 4 fully saturated rings. The third-order valence-electron chi connectivity index (χ3n) is 8.40. The van der Waals surface area contributed by atoms with Crippen molar-refractivity contribution in [3.05, 3.63) is 12.2 Å². The summed E-state index contributed by atoms with van der Waals surface area (Å²) in [6.45, 7) is 11.4. The van der Waals surface area contributed by atoms with Crippen LogP contribution in [-0.2, 0) is 0 Å². The lowest BCUT2D eigenvalue weighted by Gasteiger charge is -2.66. The summed E-state index contributed by atoms with van der Waals surface area (Å²) in [5.74, 6) is 1.37. The number of hydrogen-bond donors (Lipinski definition) is 2. The summed E-state index contributed by atoms with van der Waals surface area (Å²) in [4.78, 5) is 0. The van der Waals surface area contributed by atoms with Crippen LogP contribution in [0.25, 0.3) is 0 Å². The molecule has 2 bridgehead atoms. The molecule has 1 spiro atoms. The Bertz CT molecular complexity index is 510. The molecule has 2 nitrogen and oxygen atoms in total. The molecule has 4 aliphatic rings. The molecule has 2 N–H and O–H groups in total. The number of aliphatic hydroxyl groups is 2. The van der Waals surface area contributed by atoms with Crippen LogP contribution in [0.5, 0.6) is 0 Å². The van der Waals surface area contributed by atoms with E-state index in [1.807, 2.05) is 0 Å². The molecule has 0 unspecified atom stereocenters. The van der Waals surface area contributed by atoms with Gasteiger partial charge in [0.05, 0.1) is 12.2 Å². The normalized spacial score (nSPS) is 56.4. The number of aliphatic hydroxyl groups excluding tert-OH is 2. The van der Waals surface area contributed by atoms with Crippen LogP contribution in [0.1, 0.15) is 65.7 Å². The van der Waals surface area contributed by atoms with Crippen molar-refractivity contribution in [2.24, 2.45) is 34.0 Å². The van der Waals surface area contributed by atoms with Gasteiger partial charge in [-0.25, -0.2) is 0 Å². The Morgan fingerprint density at radius 3 is 2.55 bits per heavy atom. The first-order chi connectivity index (χ1) is 10.2. The smallest absolute Gasteiger partial charge is 0.0864 e. The third-order valence-corrected chi connectivity index (χ3v) is 8.40. The molecule has 0 aromatic heterocycles. The molecular formula is C20H32O2. The molecule has 0 aliphatic heterocycles. The maximum absolute atomic E-state index is 11.2. The van der Waals surface area contributed by atoms with Crippen molar-refractivity contribution >= 4 is 0 Å². The summed E-state index contributed by atoms with van der Waals surface area (Å²) in [7, 11) is 0. The minimum absolute atomic E-state index is 0.0852. The van der Waals surface area contributed by atoms with Crippen molar-refractivity contribution in [3.63, 3.8) is 0 Å². The van der Waals surface area contributed by atoms with E-state index in [1.54, 1.807) is 0 Å². The fraction of sp³-hybridized carbons (Fsp3) is 0.900. The summed E-state index contributed by atoms with van der Waals surface area (Å²) in [6, 6.07) is 0. The SMILES string of the molecule is C=C1C[C@]23C[C@H]1CC[C@H]2[C@]1(C)CCCC(C)(C)[C@H]1[C@@H](O)[C@@H]3O. The second kappa shape index (κ2) is 4.39. The molecule has 2 heteroatoms. The molecule has 0 heterocycles. The van der Waals surface area contributed by atoms with Crippen molar-refractivity contribution < 1.29 is 10.2 Å². The van der Waals surface area contributed by atoms with Crippen molar-refractivity contribution in [3.8, 4) is 0 Å². The molecule has 124 valence electrons. The molecule has 0 aromatic rings. The van der Waals surface area contributed by atoms with Crippen LogP contribution in [0.2, 0.25) is 0 Å². The highest BCUT2D eigenvalue weighted by molar-refractivity contribution is 5.25. The second-order valence-corrected chi connectivity index (χ2v) is 9.86. The number of fused-ring (bicyclic) bond motifs is 3. The molecule has 4 saturated carbocycles. The van der Waals surface area contributed by atoms with Crippen LogP contribution >= 0.6 is 0 Å². The highest BCUT2D eigenvalue weighted by atomic mass is 16.3. The number of hydrogen-bond acceptors (Lipinski definition) is 2. The Hall–Kier alpha value is -0.340. The first-order valence-electron chi connectivity index (χ1n) is 9.26. The molecule has 7 atom stereocenters. The van der Waals surface area contributed by atoms with Crippen molar-refractivity contribution in [1.82, 2.24) is 0 Å². The highest BCUT2D eigenvalue weighted by Crippen LogP contribution is 2.71. The van der Waals surface area contributed by atoms with Gasteiger partial charge in [-0.2, -0.15) is 0 Å². The van der Waals surface area contributed by atoms with Crippen LogP contribution in [-0.4, -0.2) is 22.4 Å².